The summed E-state index contributed by atoms with van der Waals surface area (Å²) in [6.07, 6.45) is 2.62. The summed E-state index contributed by atoms with van der Waals surface area (Å²) < 4.78 is 12.8. The third kappa shape index (κ3) is 4.27. The fraction of sp³-hybridized carbons (Fsp3) is 0.600. The van der Waals surface area contributed by atoms with Gasteiger partial charge in [0, 0.05) is 12.6 Å². The smallest absolute Gasteiger partial charge is 0.123 e. The highest BCUT2D eigenvalue weighted by atomic mass is 19.1. The van der Waals surface area contributed by atoms with Crippen LogP contribution in [0.25, 0.3) is 0 Å². The van der Waals surface area contributed by atoms with Gasteiger partial charge in [0.05, 0.1) is 6.10 Å². The summed E-state index contributed by atoms with van der Waals surface area (Å²) >= 11 is 0. The van der Waals surface area contributed by atoms with Crippen LogP contribution in [0.5, 0.6) is 0 Å². The fourth-order valence-corrected chi connectivity index (χ4v) is 2.62. The number of nitrogens with two attached hydrogens (primary N) is 1. The van der Waals surface area contributed by atoms with Crippen molar-refractivity contribution in [3.8, 4) is 0 Å². The van der Waals surface area contributed by atoms with Crippen LogP contribution in [-0.4, -0.2) is 36.2 Å². The molecule has 106 valence electrons. The van der Waals surface area contributed by atoms with Crippen molar-refractivity contribution in [2.75, 3.05) is 20.1 Å². The minimum atomic E-state index is -0.225. The van der Waals surface area contributed by atoms with Crippen LogP contribution >= 0.6 is 0 Å². The van der Waals surface area contributed by atoms with Gasteiger partial charge in [-0.3, -0.25) is 0 Å². The van der Waals surface area contributed by atoms with Gasteiger partial charge < -0.3 is 15.7 Å². The second kappa shape index (κ2) is 6.46. The van der Waals surface area contributed by atoms with Gasteiger partial charge >= 0.3 is 0 Å². The number of aliphatic hydroxyl groups excluding tert-OH is 1. The summed E-state index contributed by atoms with van der Waals surface area (Å²) in [5.74, 6) is 0.402. The SMILES string of the molecule is CN(CCC(N)c1ccc(F)cc1)CC1CC(O)C1. The molecule has 0 aromatic heterocycles. The normalized spacial score (nSPS) is 24.3. The zero-order valence-corrected chi connectivity index (χ0v) is 11.4. The average molecular weight is 266 g/mol. The van der Waals surface area contributed by atoms with E-state index in [9.17, 15) is 9.50 Å². The highest BCUT2D eigenvalue weighted by molar-refractivity contribution is 5.19. The van der Waals surface area contributed by atoms with Crippen molar-refractivity contribution in [1.29, 1.82) is 0 Å². The number of benzene rings is 1. The maximum Gasteiger partial charge on any atom is 0.123 e. The Labute approximate surface area is 114 Å². The quantitative estimate of drug-likeness (QED) is 0.827. The first-order valence-corrected chi connectivity index (χ1v) is 6.92. The standard InChI is InChI=1S/C15H23FN2O/c1-18(10-11-8-14(19)9-11)7-6-15(17)12-2-4-13(16)5-3-12/h2-5,11,14-15,19H,6-10,17H2,1H3. The molecule has 1 atom stereocenters. The molecule has 1 aliphatic rings. The molecule has 1 unspecified atom stereocenters. The van der Waals surface area contributed by atoms with Gasteiger partial charge in [-0.05, 0) is 56.5 Å². The van der Waals surface area contributed by atoms with Crippen LogP contribution in [0, 0.1) is 11.7 Å². The lowest BCUT2D eigenvalue weighted by molar-refractivity contribution is 0.0280. The molecule has 1 fully saturated rings. The Morgan fingerprint density at radius 3 is 2.58 bits per heavy atom. The number of hydrogen-bond acceptors (Lipinski definition) is 3. The van der Waals surface area contributed by atoms with Crippen LogP contribution in [0.15, 0.2) is 24.3 Å². The minimum absolute atomic E-state index is 0.0463. The Morgan fingerprint density at radius 1 is 1.37 bits per heavy atom. The molecule has 0 amide bonds. The van der Waals surface area contributed by atoms with E-state index in [1.807, 2.05) is 0 Å². The predicted molar refractivity (Wildman–Crippen MR) is 74.2 cm³/mol. The van der Waals surface area contributed by atoms with E-state index in [1.165, 1.54) is 12.1 Å². The molecular formula is C15H23FN2O. The molecule has 1 aromatic carbocycles. The monoisotopic (exact) mass is 266 g/mol. The first kappa shape index (κ1) is 14.4. The van der Waals surface area contributed by atoms with Gasteiger partial charge in [-0.15, -0.1) is 0 Å². The van der Waals surface area contributed by atoms with E-state index in [1.54, 1.807) is 12.1 Å². The molecule has 2 rings (SSSR count). The van der Waals surface area contributed by atoms with Crippen molar-refractivity contribution >= 4 is 0 Å². The molecule has 1 aromatic rings. The van der Waals surface area contributed by atoms with Crippen molar-refractivity contribution in [3.05, 3.63) is 35.6 Å². The molecule has 3 N–H and O–H groups in total. The Balaban J connectivity index is 1.70. The Morgan fingerprint density at radius 2 is 2.00 bits per heavy atom. The summed E-state index contributed by atoms with van der Waals surface area (Å²) in [4.78, 5) is 2.26. The molecule has 4 heteroatoms. The van der Waals surface area contributed by atoms with Crippen molar-refractivity contribution in [2.45, 2.75) is 31.4 Å². The lowest BCUT2D eigenvalue weighted by atomic mass is 9.82. The number of halogens is 1. The van der Waals surface area contributed by atoms with Crippen molar-refractivity contribution in [1.82, 2.24) is 4.90 Å². The van der Waals surface area contributed by atoms with E-state index >= 15 is 0 Å². The molecular weight excluding hydrogens is 243 g/mol. The second-order valence-corrected chi connectivity index (χ2v) is 5.70. The van der Waals surface area contributed by atoms with Crippen molar-refractivity contribution in [2.24, 2.45) is 11.7 Å². The minimum Gasteiger partial charge on any atom is -0.393 e. The van der Waals surface area contributed by atoms with Gasteiger partial charge in [-0.2, -0.15) is 0 Å². The molecule has 0 aliphatic heterocycles. The largest absolute Gasteiger partial charge is 0.393 e. The summed E-state index contributed by atoms with van der Waals surface area (Å²) in [5.41, 5.74) is 7.08. The molecule has 1 saturated carbocycles. The van der Waals surface area contributed by atoms with Gasteiger partial charge in [0.25, 0.3) is 0 Å². The van der Waals surface area contributed by atoms with Crippen LogP contribution in [0.2, 0.25) is 0 Å². The molecule has 0 saturated heterocycles. The van der Waals surface area contributed by atoms with Crippen molar-refractivity contribution < 1.29 is 9.50 Å². The molecule has 19 heavy (non-hydrogen) atoms. The van der Waals surface area contributed by atoms with Gasteiger partial charge in [0.15, 0.2) is 0 Å². The summed E-state index contributed by atoms with van der Waals surface area (Å²) in [6.45, 7) is 1.94. The van der Waals surface area contributed by atoms with E-state index in [-0.39, 0.29) is 18.0 Å². The lowest BCUT2D eigenvalue weighted by Gasteiger charge is -2.34. The van der Waals surface area contributed by atoms with E-state index in [4.69, 9.17) is 5.73 Å². The van der Waals surface area contributed by atoms with E-state index in [0.717, 1.165) is 37.9 Å². The third-order valence-corrected chi connectivity index (χ3v) is 3.90. The third-order valence-electron chi connectivity index (χ3n) is 3.90. The lowest BCUT2D eigenvalue weighted by Crippen LogP contribution is -2.37. The summed E-state index contributed by atoms with van der Waals surface area (Å²) in [6, 6.07) is 6.36. The maximum absolute atomic E-state index is 12.8. The number of rotatable bonds is 6. The van der Waals surface area contributed by atoms with E-state index in [0.29, 0.717) is 5.92 Å². The number of aliphatic hydroxyl groups is 1. The summed E-state index contributed by atoms with van der Waals surface area (Å²) in [5, 5.41) is 9.25. The molecule has 3 nitrogen and oxygen atoms in total. The van der Waals surface area contributed by atoms with E-state index < -0.39 is 0 Å². The van der Waals surface area contributed by atoms with Gasteiger partial charge in [0.2, 0.25) is 0 Å². The molecule has 0 bridgehead atoms. The Hall–Kier alpha value is -0.970. The van der Waals surface area contributed by atoms with Crippen LogP contribution in [0.3, 0.4) is 0 Å². The summed E-state index contributed by atoms with van der Waals surface area (Å²) in [7, 11) is 2.09. The molecule has 1 aliphatic carbocycles. The average Bonchev–Trinajstić information content (AvgIpc) is 2.35. The van der Waals surface area contributed by atoms with Gasteiger partial charge in [0.1, 0.15) is 5.82 Å². The second-order valence-electron chi connectivity index (χ2n) is 5.70. The van der Waals surface area contributed by atoms with Crippen LogP contribution in [0.1, 0.15) is 30.9 Å². The zero-order valence-electron chi connectivity index (χ0n) is 11.4. The zero-order chi connectivity index (χ0) is 13.8. The maximum atomic E-state index is 12.8. The molecule has 0 heterocycles. The molecule has 0 spiro atoms. The Bertz CT molecular complexity index is 390. The van der Waals surface area contributed by atoms with Crippen molar-refractivity contribution in [3.63, 3.8) is 0 Å². The van der Waals surface area contributed by atoms with Crippen LogP contribution in [0.4, 0.5) is 4.39 Å². The first-order chi connectivity index (χ1) is 9.04. The van der Waals surface area contributed by atoms with Gasteiger partial charge in [-0.25, -0.2) is 4.39 Å². The predicted octanol–water partition coefficient (Wildman–Crippen LogP) is 1.92. The topological polar surface area (TPSA) is 49.5 Å². The highest BCUT2D eigenvalue weighted by Gasteiger charge is 2.27. The van der Waals surface area contributed by atoms with Gasteiger partial charge in [-0.1, -0.05) is 12.1 Å². The fourth-order valence-electron chi connectivity index (χ4n) is 2.62. The molecule has 0 radical (unpaired) electrons. The van der Waals surface area contributed by atoms with Crippen LogP contribution < -0.4 is 5.73 Å². The number of nitrogens with zero attached hydrogens (tertiary/aromatic N) is 1. The first-order valence-electron chi connectivity index (χ1n) is 6.92. The van der Waals surface area contributed by atoms with Crippen LogP contribution in [-0.2, 0) is 0 Å². The number of hydrogen-bond donors (Lipinski definition) is 2. The Kier molecular flexibility index (Phi) is 4.91. The highest BCUT2D eigenvalue weighted by Crippen LogP contribution is 2.27. The van der Waals surface area contributed by atoms with E-state index in [2.05, 4.69) is 11.9 Å².